The van der Waals surface area contributed by atoms with Crippen LogP contribution in [0.5, 0.6) is 17.2 Å². The van der Waals surface area contributed by atoms with Crippen LogP contribution in [0.1, 0.15) is 58.3 Å². The highest BCUT2D eigenvalue weighted by molar-refractivity contribution is 5.96. The smallest absolute Gasteiger partial charge is 0.254 e. The Kier molecular flexibility index (Phi) is 10.7. The molecule has 8 nitrogen and oxygen atoms in total. The molecule has 3 aromatic carbocycles. The number of hydrogen-bond donors (Lipinski definition) is 1. The lowest BCUT2D eigenvalue weighted by atomic mass is 9.62. The van der Waals surface area contributed by atoms with Crippen LogP contribution in [0.2, 0.25) is 0 Å². The maximum absolute atomic E-state index is 13.6. The first kappa shape index (κ1) is 34.1. The van der Waals surface area contributed by atoms with E-state index in [1.807, 2.05) is 35.2 Å². The standard InChI is InChI=1S/C36H45N3O5.ClH/c1-23-12-13-26(18-24(23)2)30-22-38(17-15-36(30,35(37)41)29-10-8-7-9-11-29)25(3)27-14-16-39(21-27)34(40)28-19-31(42-4)33(44-6)32(20-28)43-5;/h7-13,18-20,25,27,30H,14-17,21-22H2,1-6H3,(H2,37,41);1H. The Bertz CT molecular complexity index is 1490. The molecule has 2 aliphatic heterocycles. The van der Waals surface area contributed by atoms with Gasteiger partial charge in [0.25, 0.3) is 5.91 Å². The molecule has 242 valence electrons. The molecule has 4 atom stereocenters. The van der Waals surface area contributed by atoms with E-state index in [1.165, 1.54) is 11.1 Å². The number of carbonyl (C=O) groups is 2. The number of halogens is 1. The van der Waals surface area contributed by atoms with Crippen molar-refractivity contribution in [2.45, 2.75) is 51.0 Å². The Morgan fingerprint density at radius 1 is 0.889 bits per heavy atom. The Morgan fingerprint density at radius 3 is 2.13 bits per heavy atom. The van der Waals surface area contributed by atoms with Crippen molar-refractivity contribution in [1.82, 2.24) is 9.80 Å². The lowest BCUT2D eigenvalue weighted by Crippen LogP contribution is -2.57. The lowest BCUT2D eigenvalue weighted by molar-refractivity contribution is -0.126. The maximum atomic E-state index is 13.6. The molecule has 0 spiro atoms. The third kappa shape index (κ3) is 6.36. The van der Waals surface area contributed by atoms with E-state index in [0.717, 1.165) is 24.1 Å². The third-order valence-electron chi connectivity index (χ3n) is 10.1. The van der Waals surface area contributed by atoms with Crippen molar-refractivity contribution in [2.75, 3.05) is 47.5 Å². The molecule has 9 heteroatoms. The summed E-state index contributed by atoms with van der Waals surface area (Å²) >= 11 is 0. The number of rotatable bonds is 9. The zero-order chi connectivity index (χ0) is 31.6. The van der Waals surface area contributed by atoms with Crippen molar-refractivity contribution >= 4 is 24.2 Å². The van der Waals surface area contributed by atoms with Gasteiger partial charge in [-0.3, -0.25) is 14.5 Å². The first-order chi connectivity index (χ1) is 21.1. The summed E-state index contributed by atoms with van der Waals surface area (Å²) in [5.74, 6) is 1.24. The summed E-state index contributed by atoms with van der Waals surface area (Å²) in [6.45, 7) is 9.27. The van der Waals surface area contributed by atoms with Gasteiger partial charge in [-0.1, -0.05) is 48.5 Å². The number of likely N-dealkylation sites (tertiary alicyclic amines) is 2. The van der Waals surface area contributed by atoms with Gasteiger partial charge < -0.3 is 24.8 Å². The SMILES string of the molecule is COc1cc(C(=O)N2CCC(C(C)N3CCC(C(N)=O)(c4ccccc4)C(c4ccc(C)c(C)c4)C3)C2)cc(OC)c1OC.Cl. The largest absolute Gasteiger partial charge is 0.493 e. The highest BCUT2D eigenvalue weighted by Crippen LogP contribution is 2.47. The van der Waals surface area contributed by atoms with Crippen molar-refractivity contribution in [1.29, 1.82) is 0 Å². The molecule has 2 fully saturated rings. The Hall–Kier alpha value is -3.75. The van der Waals surface area contributed by atoms with E-state index in [-0.39, 0.29) is 36.2 Å². The fraction of sp³-hybridized carbons (Fsp3) is 0.444. The fourth-order valence-corrected chi connectivity index (χ4v) is 7.29. The highest BCUT2D eigenvalue weighted by atomic mass is 35.5. The van der Waals surface area contributed by atoms with Crippen LogP contribution in [0.3, 0.4) is 0 Å². The molecular weight excluding hydrogens is 590 g/mol. The number of carbonyl (C=O) groups excluding carboxylic acids is 2. The molecule has 3 aromatic rings. The molecule has 0 radical (unpaired) electrons. The summed E-state index contributed by atoms with van der Waals surface area (Å²) in [6, 6.07) is 20.2. The van der Waals surface area contributed by atoms with Gasteiger partial charge in [-0.15, -0.1) is 12.4 Å². The summed E-state index contributed by atoms with van der Waals surface area (Å²) < 4.78 is 16.4. The molecule has 2 heterocycles. The summed E-state index contributed by atoms with van der Waals surface area (Å²) in [4.78, 5) is 31.5. The third-order valence-corrected chi connectivity index (χ3v) is 10.1. The average Bonchev–Trinajstić information content (AvgIpc) is 3.55. The van der Waals surface area contributed by atoms with Gasteiger partial charge in [0.15, 0.2) is 11.5 Å². The van der Waals surface area contributed by atoms with E-state index in [2.05, 4.69) is 43.9 Å². The van der Waals surface area contributed by atoms with Crippen LogP contribution in [0.15, 0.2) is 60.7 Å². The molecule has 45 heavy (non-hydrogen) atoms. The molecule has 4 unspecified atom stereocenters. The molecule has 0 bridgehead atoms. The molecule has 0 aromatic heterocycles. The first-order valence-corrected chi connectivity index (χ1v) is 15.4. The number of piperidine rings is 1. The normalized spacial score (nSPS) is 22.3. The Morgan fingerprint density at radius 2 is 1.56 bits per heavy atom. The summed E-state index contributed by atoms with van der Waals surface area (Å²) in [5, 5.41) is 0. The molecule has 2 aliphatic rings. The second-order valence-electron chi connectivity index (χ2n) is 12.3. The van der Waals surface area contributed by atoms with Crippen molar-refractivity contribution in [2.24, 2.45) is 11.7 Å². The number of ether oxygens (including phenoxy) is 3. The maximum Gasteiger partial charge on any atom is 0.254 e. The van der Waals surface area contributed by atoms with Crippen molar-refractivity contribution in [3.05, 3.63) is 88.5 Å². The van der Waals surface area contributed by atoms with Gasteiger partial charge in [-0.2, -0.15) is 0 Å². The second kappa shape index (κ2) is 14.1. The van der Waals surface area contributed by atoms with Crippen LogP contribution in [-0.4, -0.2) is 75.2 Å². The number of methoxy groups -OCH3 is 3. The first-order valence-electron chi connectivity index (χ1n) is 15.4. The molecule has 2 amide bonds. The van der Waals surface area contributed by atoms with Crippen LogP contribution < -0.4 is 19.9 Å². The minimum atomic E-state index is -0.802. The highest BCUT2D eigenvalue weighted by Gasteiger charge is 2.51. The number of nitrogens with two attached hydrogens (primary N) is 1. The summed E-state index contributed by atoms with van der Waals surface area (Å²) in [6.07, 6.45) is 1.54. The van der Waals surface area contributed by atoms with Gasteiger partial charge in [0.05, 0.1) is 26.7 Å². The molecular formula is C36H46ClN3O5. The lowest BCUT2D eigenvalue weighted by Gasteiger charge is -2.49. The summed E-state index contributed by atoms with van der Waals surface area (Å²) in [5.41, 5.74) is 10.6. The average molecular weight is 636 g/mol. The monoisotopic (exact) mass is 635 g/mol. The fourth-order valence-electron chi connectivity index (χ4n) is 7.29. The zero-order valence-corrected chi connectivity index (χ0v) is 28.0. The van der Waals surface area contributed by atoms with Gasteiger partial charge in [-0.05, 0) is 80.5 Å². The molecule has 0 aliphatic carbocycles. The van der Waals surface area contributed by atoms with Crippen LogP contribution in [0.4, 0.5) is 0 Å². The van der Waals surface area contributed by atoms with Gasteiger partial charge >= 0.3 is 0 Å². The minimum absolute atomic E-state index is 0. The zero-order valence-electron chi connectivity index (χ0n) is 27.2. The predicted octanol–water partition coefficient (Wildman–Crippen LogP) is 5.51. The Balaban J connectivity index is 0.00000461. The number of amides is 2. The van der Waals surface area contributed by atoms with Crippen LogP contribution in [0, 0.1) is 19.8 Å². The van der Waals surface area contributed by atoms with Gasteiger partial charge in [0.2, 0.25) is 11.7 Å². The van der Waals surface area contributed by atoms with E-state index < -0.39 is 5.41 Å². The number of aryl methyl sites for hydroxylation is 2. The van der Waals surface area contributed by atoms with Crippen LogP contribution in [-0.2, 0) is 10.2 Å². The van der Waals surface area contributed by atoms with E-state index in [4.69, 9.17) is 19.9 Å². The number of nitrogens with zero attached hydrogens (tertiary/aromatic N) is 2. The van der Waals surface area contributed by atoms with E-state index in [9.17, 15) is 9.59 Å². The van der Waals surface area contributed by atoms with Crippen LogP contribution >= 0.6 is 12.4 Å². The Labute approximate surface area is 273 Å². The quantitative estimate of drug-likeness (QED) is 0.333. The topological polar surface area (TPSA) is 94.3 Å². The second-order valence-corrected chi connectivity index (χ2v) is 12.3. The molecule has 2 N–H and O–H groups in total. The number of benzene rings is 3. The molecule has 0 saturated carbocycles. The van der Waals surface area contributed by atoms with Crippen LogP contribution in [0.25, 0.3) is 0 Å². The van der Waals surface area contributed by atoms with E-state index >= 15 is 0 Å². The van der Waals surface area contributed by atoms with E-state index in [1.54, 1.807) is 33.5 Å². The van der Waals surface area contributed by atoms with Crippen molar-refractivity contribution < 1.29 is 23.8 Å². The number of hydrogen-bond acceptors (Lipinski definition) is 6. The van der Waals surface area contributed by atoms with Crippen molar-refractivity contribution in [3.8, 4) is 17.2 Å². The van der Waals surface area contributed by atoms with Gasteiger partial charge in [-0.25, -0.2) is 0 Å². The van der Waals surface area contributed by atoms with Gasteiger partial charge in [0.1, 0.15) is 0 Å². The van der Waals surface area contributed by atoms with Gasteiger partial charge in [0, 0.05) is 37.2 Å². The van der Waals surface area contributed by atoms with Crippen molar-refractivity contribution in [3.63, 3.8) is 0 Å². The predicted molar refractivity (Wildman–Crippen MR) is 179 cm³/mol. The number of primary amides is 1. The van der Waals surface area contributed by atoms with E-state index in [0.29, 0.717) is 54.8 Å². The molecule has 2 saturated heterocycles. The minimum Gasteiger partial charge on any atom is -0.493 e. The molecule has 5 rings (SSSR count). The summed E-state index contributed by atoms with van der Waals surface area (Å²) in [7, 11) is 4.65.